The number of nitrogens with one attached hydrogen (secondary N) is 1. The van der Waals surface area contributed by atoms with E-state index in [-0.39, 0.29) is 24.0 Å². The molecule has 0 radical (unpaired) electrons. The van der Waals surface area contributed by atoms with Crippen LogP contribution in [0.1, 0.15) is 39.4 Å². The topological polar surface area (TPSA) is 46.2 Å². The first-order chi connectivity index (χ1) is 10.2. The van der Waals surface area contributed by atoms with Gasteiger partial charge in [0.15, 0.2) is 5.78 Å². The second kappa shape index (κ2) is 5.52. The first-order valence-corrected chi connectivity index (χ1v) is 7.11. The molecule has 1 atom stereocenters. The van der Waals surface area contributed by atoms with Gasteiger partial charge in [0.2, 0.25) is 5.91 Å². The SMILES string of the molecule is Cc1cccc2c1C(C(=O)NCc1ccccc1)CC2=O. The van der Waals surface area contributed by atoms with Gasteiger partial charge in [-0.2, -0.15) is 0 Å². The van der Waals surface area contributed by atoms with Gasteiger partial charge in [-0.3, -0.25) is 9.59 Å². The zero-order valence-electron chi connectivity index (χ0n) is 11.9. The third-order valence-corrected chi connectivity index (χ3v) is 3.99. The predicted octanol–water partition coefficient (Wildman–Crippen LogP) is 2.98. The highest BCUT2D eigenvalue weighted by atomic mass is 16.2. The van der Waals surface area contributed by atoms with Crippen LogP contribution in [0.15, 0.2) is 48.5 Å². The van der Waals surface area contributed by atoms with Crippen molar-refractivity contribution in [3.8, 4) is 0 Å². The fourth-order valence-corrected chi connectivity index (χ4v) is 2.92. The summed E-state index contributed by atoms with van der Waals surface area (Å²) >= 11 is 0. The highest BCUT2D eigenvalue weighted by Crippen LogP contribution is 2.35. The molecule has 1 unspecified atom stereocenters. The van der Waals surface area contributed by atoms with Crippen molar-refractivity contribution in [2.24, 2.45) is 0 Å². The van der Waals surface area contributed by atoms with Crippen LogP contribution in [0.5, 0.6) is 0 Å². The molecule has 106 valence electrons. The minimum atomic E-state index is -0.350. The summed E-state index contributed by atoms with van der Waals surface area (Å²) in [5.41, 5.74) is 3.67. The Balaban J connectivity index is 1.77. The third kappa shape index (κ3) is 2.59. The van der Waals surface area contributed by atoms with Gasteiger partial charge in [0, 0.05) is 18.5 Å². The summed E-state index contributed by atoms with van der Waals surface area (Å²) in [4.78, 5) is 24.4. The van der Waals surface area contributed by atoms with Crippen LogP contribution in [0.4, 0.5) is 0 Å². The summed E-state index contributed by atoms with van der Waals surface area (Å²) in [5, 5.41) is 2.94. The van der Waals surface area contributed by atoms with E-state index in [0.29, 0.717) is 12.1 Å². The van der Waals surface area contributed by atoms with Crippen LogP contribution in [0, 0.1) is 6.92 Å². The lowest BCUT2D eigenvalue weighted by Gasteiger charge is -2.13. The van der Waals surface area contributed by atoms with Crippen LogP contribution < -0.4 is 5.32 Å². The van der Waals surface area contributed by atoms with E-state index >= 15 is 0 Å². The second-order valence-corrected chi connectivity index (χ2v) is 5.42. The van der Waals surface area contributed by atoms with Gasteiger partial charge in [-0.15, -0.1) is 0 Å². The number of hydrogen-bond acceptors (Lipinski definition) is 2. The van der Waals surface area contributed by atoms with E-state index < -0.39 is 0 Å². The fraction of sp³-hybridized carbons (Fsp3) is 0.222. The van der Waals surface area contributed by atoms with Crippen molar-refractivity contribution < 1.29 is 9.59 Å². The van der Waals surface area contributed by atoms with Gasteiger partial charge in [0.05, 0.1) is 5.92 Å². The Kier molecular flexibility index (Phi) is 3.57. The Bertz CT molecular complexity index is 692. The number of rotatable bonds is 3. The smallest absolute Gasteiger partial charge is 0.228 e. The van der Waals surface area contributed by atoms with Gasteiger partial charge in [-0.25, -0.2) is 0 Å². The van der Waals surface area contributed by atoms with Crippen molar-refractivity contribution in [1.82, 2.24) is 5.32 Å². The van der Waals surface area contributed by atoms with Crippen molar-refractivity contribution in [3.05, 3.63) is 70.8 Å². The molecule has 1 N–H and O–H groups in total. The number of hydrogen-bond donors (Lipinski definition) is 1. The maximum atomic E-state index is 12.4. The molecule has 0 saturated carbocycles. The number of Topliss-reactive ketones (excluding diaryl/α,β-unsaturated/α-hetero) is 1. The highest BCUT2D eigenvalue weighted by Gasteiger charge is 2.35. The molecule has 1 amide bonds. The van der Waals surface area contributed by atoms with Crippen molar-refractivity contribution in [3.63, 3.8) is 0 Å². The average molecular weight is 279 g/mol. The number of fused-ring (bicyclic) bond motifs is 1. The van der Waals surface area contributed by atoms with Crippen molar-refractivity contribution in [2.45, 2.75) is 25.8 Å². The normalized spacial score (nSPS) is 16.6. The number of carbonyl (C=O) groups excluding carboxylic acids is 2. The van der Waals surface area contributed by atoms with E-state index in [1.54, 1.807) is 0 Å². The van der Waals surface area contributed by atoms with E-state index in [9.17, 15) is 9.59 Å². The van der Waals surface area contributed by atoms with Crippen molar-refractivity contribution in [1.29, 1.82) is 0 Å². The molecule has 3 rings (SSSR count). The summed E-state index contributed by atoms with van der Waals surface area (Å²) in [5.74, 6) is -0.355. The van der Waals surface area contributed by atoms with E-state index in [1.807, 2.05) is 55.5 Å². The van der Waals surface area contributed by atoms with Crippen LogP contribution in [0.2, 0.25) is 0 Å². The molecule has 2 aromatic carbocycles. The van der Waals surface area contributed by atoms with E-state index in [0.717, 1.165) is 16.7 Å². The van der Waals surface area contributed by atoms with Crippen LogP contribution in [-0.2, 0) is 11.3 Å². The largest absolute Gasteiger partial charge is 0.351 e. The van der Waals surface area contributed by atoms with Crippen LogP contribution in [0.3, 0.4) is 0 Å². The van der Waals surface area contributed by atoms with Crippen LogP contribution >= 0.6 is 0 Å². The summed E-state index contributed by atoms with van der Waals surface area (Å²) in [6.45, 7) is 2.44. The Morgan fingerprint density at radius 1 is 1.14 bits per heavy atom. The summed E-state index contributed by atoms with van der Waals surface area (Å²) in [7, 11) is 0. The average Bonchev–Trinajstić information content (AvgIpc) is 2.85. The highest BCUT2D eigenvalue weighted by molar-refractivity contribution is 6.07. The maximum Gasteiger partial charge on any atom is 0.228 e. The molecular formula is C18H17NO2. The number of ketones is 1. The second-order valence-electron chi connectivity index (χ2n) is 5.42. The van der Waals surface area contributed by atoms with Gasteiger partial charge in [0.25, 0.3) is 0 Å². The minimum absolute atomic E-state index is 0.0635. The number of aryl methyl sites for hydroxylation is 1. The number of benzene rings is 2. The lowest BCUT2D eigenvalue weighted by atomic mass is 9.96. The summed E-state index contributed by atoms with van der Waals surface area (Å²) in [6, 6.07) is 15.4. The lowest BCUT2D eigenvalue weighted by molar-refractivity contribution is -0.122. The number of carbonyl (C=O) groups is 2. The molecule has 0 spiro atoms. The molecular weight excluding hydrogens is 262 g/mol. The van der Waals surface area contributed by atoms with E-state index in [2.05, 4.69) is 5.32 Å². The zero-order valence-corrected chi connectivity index (χ0v) is 11.9. The van der Waals surface area contributed by atoms with Gasteiger partial charge < -0.3 is 5.32 Å². The van der Waals surface area contributed by atoms with E-state index in [4.69, 9.17) is 0 Å². The first-order valence-electron chi connectivity index (χ1n) is 7.11. The fourth-order valence-electron chi connectivity index (χ4n) is 2.92. The first kappa shape index (κ1) is 13.6. The lowest BCUT2D eigenvalue weighted by Crippen LogP contribution is -2.28. The molecule has 2 aromatic rings. The Morgan fingerprint density at radius 2 is 1.90 bits per heavy atom. The molecule has 0 aromatic heterocycles. The molecule has 0 heterocycles. The summed E-state index contributed by atoms with van der Waals surface area (Å²) < 4.78 is 0. The molecule has 0 aliphatic heterocycles. The summed E-state index contributed by atoms with van der Waals surface area (Å²) in [6.07, 6.45) is 0.279. The molecule has 0 saturated heterocycles. The van der Waals surface area contributed by atoms with Gasteiger partial charge in [-0.05, 0) is 23.6 Å². The zero-order chi connectivity index (χ0) is 14.8. The Morgan fingerprint density at radius 3 is 2.67 bits per heavy atom. The van der Waals surface area contributed by atoms with Crippen LogP contribution in [-0.4, -0.2) is 11.7 Å². The predicted molar refractivity (Wildman–Crippen MR) is 81.2 cm³/mol. The molecule has 0 bridgehead atoms. The minimum Gasteiger partial charge on any atom is -0.351 e. The molecule has 1 aliphatic carbocycles. The Hall–Kier alpha value is -2.42. The molecule has 21 heavy (non-hydrogen) atoms. The van der Waals surface area contributed by atoms with Crippen LogP contribution in [0.25, 0.3) is 0 Å². The maximum absolute atomic E-state index is 12.4. The molecule has 1 aliphatic rings. The monoisotopic (exact) mass is 279 g/mol. The molecule has 3 nitrogen and oxygen atoms in total. The standard InChI is InChI=1S/C18H17NO2/c1-12-6-5-9-14-16(20)10-15(17(12)14)18(21)19-11-13-7-3-2-4-8-13/h2-9,15H,10-11H2,1H3,(H,19,21). The quantitative estimate of drug-likeness (QED) is 0.939. The van der Waals surface area contributed by atoms with E-state index in [1.165, 1.54) is 0 Å². The van der Waals surface area contributed by atoms with Crippen molar-refractivity contribution >= 4 is 11.7 Å². The molecule has 0 fully saturated rings. The van der Waals surface area contributed by atoms with Crippen molar-refractivity contribution in [2.75, 3.05) is 0 Å². The van der Waals surface area contributed by atoms with Gasteiger partial charge in [-0.1, -0.05) is 48.5 Å². The number of amides is 1. The molecule has 3 heteroatoms. The third-order valence-electron chi connectivity index (χ3n) is 3.99. The Labute approximate surface area is 124 Å². The van der Waals surface area contributed by atoms with Gasteiger partial charge >= 0.3 is 0 Å². The van der Waals surface area contributed by atoms with Gasteiger partial charge in [0.1, 0.15) is 0 Å².